The molecule has 0 saturated heterocycles. The highest BCUT2D eigenvalue weighted by Crippen LogP contribution is 2.27. The Bertz CT molecular complexity index is 975. The van der Waals surface area contributed by atoms with Crippen LogP contribution in [-0.4, -0.2) is 32.0 Å². The standard InChI is InChI=1S/C12H9Cl2N3O3S.H2O4S/c13-10-6-9(21(14,19)20)3-4-11(10)17-12(18)16-8-2-1-5-15-7-8;1-5(2,3)4/h1-7H,(H2,16,17,18);(H2,1,2,3,4). The predicted molar refractivity (Wildman–Crippen MR) is 92.5 cm³/mol. The van der Waals surface area contributed by atoms with Gasteiger partial charge in [0.15, 0.2) is 12.4 Å². The van der Waals surface area contributed by atoms with Gasteiger partial charge in [-0.1, -0.05) is 11.6 Å². The SMILES string of the molecule is O=C(Nc1ccc[nH+]c1)Nc1ccc(S(=O)(=O)Cl)cc1Cl.O=S(=O)([O-])O. The summed E-state index contributed by atoms with van der Waals surface area (Å²) in [6.07, 6.45) is 3.30. The molecule has 4 N–H and O–H groups in total. The molecule has 0 bridgehead atoms. The summed E-state index contributed by atoms with van der Waals surface area (Å²) in [4.78, 5) is 14.5. The van der Waals surface area contributed by atoms with E-state index in [1.165, 1.54) is 12.1 Å². The first-order chi connectivity index (χ1) is 11.9. The number of aromatic nitrogens is 1. The molecule has 142 valence electrons. The molecule has 0 aliphatic heterocycles. The lowest BCUT2D eigenvalue weighted by atomic mass is 10.3. The zero-order valence-electron chi connectivity index (χ0n) is 12.5. The van der Waals surface area contributed by atoms with Crippen molar-refractivity contribution < 1.29 is 35.7 Å². The van der Waals surface area contributed by atoms with Crippen LogP contribution < -0.4 is 15.6 Å². The Morgan fingerprint density at radius 2 is 1.77 bits per heavy atom. The van der Waals surface area contributed by atoms with E-state index >= 15 is 0 Å². The van der Waals surface area contributed by atoms with Crippen molar-refractivity contribution in [1.82, 2.24) is 0 Å². The quantitative estimate of drug-likeness (QED) is 0.368. The molecule has 0 unspecified atom stereocenters. The Morgan fingerprint density at radius 1 is 1.15 bits per heavy atom. The lowest BCUT2D eigenvalue weighted by molar-refractivity contribution is -0.377. The fourth-order valence-electron chi connectivity index (χ4n) is 1.50. The molecule has 1 aromatic carbocycles. The summed E-state index contributed by atoms with van der Waals surface area (Å²) in [5, 5.41) is 5.14. The van der Waals surface area contributed by atoms with Crippen LogP contribution in [-0.2, 0) is 19.4 Å². The van der Waals surface area contributed by atoms with Gasteiger partial charge < -0.3 is 15.2 Å². The minimum Gasteiger partial charge on any atom is -0.726 e. The van der Waals surface area contributed by atoms with Gasteiger partial charge >= 0.3 is 6.03 Å². The third-order valence-corrected chi connectivity index (χ3v) is 4.10. The maximum absolute atomic E-state index is 11.8. The highest BCUT2D eigenvalue weighted by molar-refractivity contribution is 8.13. The topological polar surface area (TPSA) is 167 Å². The molecule has 10 nitrogen and oxygen atoms in total. The van der Waals surface area contributed by atoms with E-state index in [9.17, 15) is 13.2 Å². The average Bonchev–Trinajstić information content (AvgIpc) is 2.47. The maximum atomic E-state index is 11.8. The van der Waals surface area contributed by atoms with Crippen molar-refractivity contribution in [3.63, 3.8) is 0 Å². The summed E-state index contributed by atoms with van der Waals surface area (Å²) < 4.78 is 55.2. The monoisotopic (exact) mass is 443 g/mol. The number of carbonyl (C=O) groups excluding carboxylic acids is 1. The number of hydrogen-bond donors (Lipinski definition) is 3. The normalized spacial score (nSPS) is 11.1. The molecule has 14 heteroatoms. The van der Waals surface area contributed by atoms with Crippen molar-refractivity contribution in [1.29, 1.82) is 0 Å². The highest BCUT2D eigenvalue weighted by atomic mass is 35.7. The number of nitrogens with one attached hydrogen (secondary N) is 3. The Morgan fingerprint density at radius 3 is 2.23 bits per heavy atom. The van der Waals surface area contributed by atoms with E-state index in [4.69, 9.17) is 39.8 Å². The van der Waals surface area contributed by atoms with E-state index in [-0.39, 0.29) is 15.6 Å². The van der Waals surface area contributed by atoms with E-state index < -0.39 is 25.5 Å². The van der Waals surface area contributed by atoms with Crippen molar-refractivity contribution >= 4 is 59.1 Å². The Kier molecular flexibility index (Phi) is 7.74. The predicted octanol–water partition coefficient (Wildman–Crippen LogP) is 1.73. The van der Waals surface area contributed by atoms with Gasteiger partial charge in [0.05, 0.1) is 15.6 Å². The maximum Gasteiger partial charge on any atom is 0.323 e. The minimum absolute atomic E-state index is 0.0616. The fraction of sp³-hybridized carbons (Fsp3) is 0. The Hall–Kier alpha value is -1.96. The molecule has 0 saturated carbocycles. The van der Waals surface area contributed by atoms with Crippen molar-refractivity contribution in [3.8, 4) is 0 Å². The molecular formula is C12H11Cl2N3O7S2. The van der Waals surface area contributed by atoms with Gasteiger partial charge in [0.2, 0.25) is 10.4 Å². The van der Waals surface area contributed by atoms with Crippen LogP contribution in [0.25, 0.3) is 0 Å². The molecule has 2 rings (SSSR count). The van der Waals surface area contributed by atoms with Gasteiger partial charge in [-0.3, -0.25) is 4.55 Å². The second-order valence-corrected chi connectivity index (χ2v) is 8.21. The molecule has 0 aliphatic rings. The molecule has 26 heavy (non-hydrogen) atoms. The number of H-pyrrole nitrogens is 1. The van der Waals surface area contributed by atoms with Crippen LogP contribution in [0.2, 0.25) is 5.02 Å². The summed E-state index contributed by atoms with van der Waals surface area (Å²) >= 11 is 5.91. The van der Waals surface area contributed by atoms with E-state index in [0.717, 1.165) is 6.07 Å². The van der Waals surface area contributed by atoms with Gasteiger partial charge in [-0.2, -0.15) is 0 Å². The number of hydrogen-bond acceptors (Lipinski definition) is 6. The molecule has 0 atom stereocenters. The molecule has 1 heterocycles. The number of amides is 2. The summed E-state index contributed by atoms with van der Waals surface area (Å²) in [6, 6.07) is 6.67. The number of urea groups is 1. The van der Waals surface area contributed by atoms with E-state index in [1.807, 2.05) is 0 Å². The molecule has 0 spiro atoms. The largest absolute Gasteiger partial charge is 0.726 e. The van der Waals surface area contributed by atoms with Crippen LogP contribution in [0, 0.1) is 0 Å². The second kappa shape index (κ2) is 9.12. The lowest BCUT2D eigenvalue weighted by Crippen LogP contribution is -2.20. The van der Waals surface area contributed by atoms with Crippen molar-refractivity contribution in [2.75, 3.05) is 10.6 Å². The molecule has 2 amide bonds. The smallest absolute Gasteiger partial charge is 0.323 e. The molecule has 0 fully saturated rings. The summed E-state index contributed by atoms with van der Waals surface area (Å²) in [7, 11) is -3.57. The lowest BCUT2D eigenvalue weighted by Gasteiger charge is -2.08. The van der Waals surface area contributed by atoms with Gasteiger partial charge in [0.1, 0.15) is 5.69 Å². The number of pyridine rings is 1. The molecular weight excluding hydrogens is 433 g/mol. The number of rotatable bonds is 3. The van der Waals surface area contributed by atoms with Crippen LogP contribution >= 0.6 is 22.3 Å². The number of aromatic amines is 1. The average molecular weight is 444 g/mol. The van der Waals surface area contributed by atoms with Crippen molar-refractivity contribution in [2.24, 2.45) is 0 Å². The second-order valence-electron chi connectivity index (χ2n) is 4.38. The summed E-state index contributed by atoms with van der Waals surface area (Å²) in [5.41, 5.74) is 0.823. The van der Waals surface area contributed by atoms with E-state index in [0.29, 0.717) is 5.69 Å². The van der Waals surface area contributed by atoms with Crippen LogP contribution in [0.1, 0.15) is 0 Å². The van der Waals surface area contributed by atoms with E-state index in [2.05, 4.69) is 15.6 Å². The number of anilines is 2. The van der Waals surface area contributed by atoms with Crippen LogP contribution in [0.5, 0.6) is 0 Å². The van der Waals surface area contributed by atoms with Gasteiger partial charge in [-0.25, -0.2) is 26.6 Å². The number of benzene rings is 1. The Balaban J connectivity index is 0.000000597. The highest BCUT2D eigenvalue weighted by Gasteiger charge is 2.13. The van der Waals surface area contributed by atoms with Crippen molar-refractivity contribution in [2.45, 2.75) is 4.90 Å². The van der Waals surface area contributed by atoms with Gasteiger partial charge in [-0.05, 0) is 24.3 Å². The fourth-order valence-corrected chi connectivity index (χ4v) is 2.57. The molecule has 0 radical (unpaired) electrons. The molecule has 0 aliphatic carbocycles. The third-order valence-electron chi connectivity index (χ3n) is 2.44. The van der Waals surface area contributed by atoms with Gasteiger partial charge in [0, 0.05) is 16.7 Å². The third kappa shape index (κ3) is 8.94. The van der Waals surface area contributed by atoms with Crippen LogP contribution in [0.15, 0.2) is 47.6 Å². The number of carbonyl (C=O) groups is 1. The summed E-state index contributed by atoms with van der Waals surface area (Å²) in [5.74, 6) is 0. The zero-order valence-corrected chi connectivity index (χ0v) is 15.7. The number of halogens is 2. The van der Waals surface area contributed by atoms with Crippen molar-refractivity contribution in [3.05, 3.63) is 47.7 Å². The van der Waals surface area contributed by atoms with Gasteiger partial charge in [0.25, 0.3) is 9.05 Å². The Labute approximate surface area is 158 Å². The zero-order chi connectivity index (χ0) is 20.0. The summed E-state index contributed by atoms with van der Waals surface area (Å²) in [6.45, 7) is 0. The van der Waals surface area contributed by atoms with Crippen LogP contribution in [0.3, 0.4) is 0 Å². The first kappa shape index (κ1) is 22.1. The molecule has 2 aromatic rings. The van der Waals surface area contributed by atoms with E-state index in [1.54, 1.807) is 24.5 Å². The van der Waals surface area contributed by atoms with Gasteiger partial charge in [-0.15, -0.1) is 0 Å². The minimum atomic E-state index is -4.92. The first-order valence-electron chi connectivity index (χ1n) is 6.33. The van der Waals surface area contributed by atoms with Crippen LogP contribution in [0.4, 0.5) is 16.2 Å². The molecule has 1 aromatic heterocycles. The first-order valence-corrected chi connectivity index (χ1v) is 10.4.